The molecule has 0 saturated carbocycles. The van der Waals surface area contributed by atoms with Crippen LogP contribution in [0.15, 0.2) is 97.1 Å². The second-order valence-electron chi connectivity index (χ2n) is 8.06. The smallest absolute Gasteiger partial charge is 0.0234 e. The molecule has 29 heavy (non-hydrogen) atoms. The van der Waals surface area contributed by atoms with E-state index in [4.69, 9.17) is 0 Å². The topological polar surface area (TPSA) is 3.24 Å². The molecule has 1 aliphatic rings. The van der Waals surface area contributed by atoms with Crippen LogP contribution in [0.25, 0.3) is 22.3 Å². The number of nitrogens with zero attached hydrogens (tertiary/aromatic N) is 1. The molecule has 0 fully saturated rings. The summed E-state index contributed by atoms with van der Waals surface area (Å²) in [4.78, 5) is 2.40. The average Bonchev–Trinajstić information content (AvgIpc) is 3.12. The van der Waals surface area contributed by atoms with Gasteiger partial charge >= 0.3 is 0 Å². The molecule has 142 valence electrons. The zero-order chi connectivity index (χ0) is 19.6. The second-order valence-corrected chi connectivity index (χ2v) is 8.06. The van der Waals surface area contributed by atoms with Crippen molar-refractivity contribution in [1.82, 2.24) is 4.90 Å². The Morgan fingerprint density at radius 2 is 1.28 bits per heavy atom. The van der Waals surface area contributed by atoms with Crippen LogP contribution in [0.3, 0.4) is 0 Å². The van der Waals surface area contributed by atoms with Crippen LogP contribution in [0.5, 0.6) is 0 Å². The van der Waals surface area contributed by atoms with Crippen LogP contribution in [0.1, 0.15) is 22.3 Å². The third-order valence-electron chi connectivity index (χ3n) is 5.80. The van der Waals surface area contributed by atoms with Gasteiger partial charge in [0, 0.05) is 13.1 Å². The predicted molar refractivity (Wildman–Crippen MR) is 122 cm³/mol. The predicted octanol–water partition coefficient (Wildman–Crippen LogP) is 6.56. The summed E-state index contributed by atoms with van der Waals surface area (Å²) in [5.74, 6) is 0. The Bertz CT molecular complexity index is 1140. The van der Waals surface area contributed by atoms with Gasteiger partial charge in [0.25, 0.3) is 0 Å². The fourth-order valence-corrected chi connectivity index (χ4v) is 4.46. The van der Waals surface area contributed by atoms with E-state index in [1.54, 1.807) is 0 Å². The zero-order valence-corrected chi connectivity index (χ0v) is 16.8. The Hall–Kier alpha value is -3.16. The van der Waals surface area contributed by atoms with Crippen molar-refractivity contribution in [2.24, 2.45) is 0 Å². The molecule has 1 aliphatic carbocycles. The monoisotopic (exact) mass is 375 g/mol. The van der Waals surface area contributed by atoms with Gasteiger partial charge in [-0.3, -0.25) is 4.90 Å². The number of hydrogen-bond acceptors (Lipinski definition) is 1. The third-order valence-corrected chi connectivity index (χ3v) is 5.80. The van der Waals surface area contributed by atoms with Crippen molar-refractivity contribution >= 4 is 0 Å². The first-order valence-electron chi connectivity index (χ1n) is 10.3. The molecule has 4 aromatic rings. The first-order chi connectivity index (χ1) is 14.3. The number of rotatable bonds is 5. The van der Waals surface area contributed by atoms with Gasteiger partial charge in [-0.05, 0) is 64.0 Å². The first kappa shape index (κ1) is 17.9. The van der Waals surface area contributed by atoms with Crippen LogP contribution in [0.2, 0.25) is 0 Å². The lowest BCUT2D eigenvalue weighted by atomic mass is 10.0. The van der Waals surface area contributed by atoms with Crippen molar-refractivity contribution in [3.8, 4) is 22.3 Å². The number of hydrogen-bond donors (Lipinski definition) is 0. The molecule has 4 aromatic carbocycles. The van der Waals surface area contributed by atoms with E-state index in [2.05, 4.69) is 109 Å². The fourth-order valence-electron chi connectivity index (χ4n) is 4.46. The number of fused-ring (bicyclic) bond motifs is 3. The highest BCUT2D eigenvalue weighted by atomic mass is 15.1. The van der Waals surface area contributed by atoms with Gasteiger partial charge in [0.2, 0.25) is 0 Å². The summed E-state index contributed by atoms with van der Waals surface area (Å²) in [6.07, 6.45) is 1.06. The molecule has 0 aliphatic heterocycles. The highest BCUT2D eigenvalue weighted by Gasteiger charge is 2.18. The highest BCUT2D eigenvalue weighted by molar-refractivity contribution is 5.76. The van der Waals surface area contributed by atoms with Gasteiger partial charge in [-0.25, -0.2) is 0 Å². The van der Waals surface area contributed by atoms with Crippen LogP contribution in [-0.2, 0) is 19.5 Å². The Balaban J connectivity index is 1.30. The van der Waals surface area contributed by atoms with E-state index in [0.717, 1.165) is 19.5 Å². The van der Waals surface area contributed by atoms with Gasteiger partial charge in [-0.1, -0.05) is 91.0 Å². The van der Waals surface area contributed by atoms with E-state index in [1.807, 2.05) is 0 Å². The molecule has 0 unspecified atom stereocenters. The minimum atomic E-state index is 0.942. The summed E-state index contributed by atoms with van der Waals surface area (Å²) in [5.41, 5.74) is 11.0. The van der Waals surface area contributed by atoms with E-state index < -0.39 is 0 Å². The maximum atomic E-state index is 2.40. The highest BCUT2D eigenvalue weighted by Crippen LogP contribution is 2.36. The van der Waals surface area contributed by atoms with Gasteiger partial charge in [-0.15, -0.1) is 0 Å². The SMILES string of the molecule is CN(Cc1cccc(-c2ccccc2)c1)Cc1ccc2c(c1)Cc1ccccc1-2. The molecule has 0 atom stereocenters. The molecule has 0 heterocycles. The summed E-state index contributed by atoms with van der Waals surface area (Å²) in [6.45, 7) is 1.90. The molecule has 0 bridgehead atoms. The van der Waals surface area contributed by atoms with Gasteiger partial charge in [-0.2, -0.15) is 0 Å². The Morgan fingerprint density at radius 3 is 2.14 bits per heavy atom. The summed E-state index contributed by atoms with van der Waals surface area (Å²) in [6, 6.07) is 35.3. The Labute approximate surface area is 173 Å². The van der Waals surface area contributed by atoms with Gasteiger partial charge in [0.1, 0.15) is 0 Å². The summed E-state index contributed by atoms with van der Waals surface area (Å²) < 4.78 is 0. The maximum Gasteiger partial charge on any atom is 0.0234 e. The Kier molecular flexibility index (Phi) is 4.75. The molecule has 0 saturated heterocycles. The van der Waals surface area contributed by atoms with Crippen molar-refractivity contribution < 1.29 is 0 Å². The third kappa shape index (κ3) is 3.74. The lowest BCUT2D eigenvalue weighted by Gasteiger charge is -2.18. The van der Waals surface area contributed by atoms with Gasteiger partial charge in [0.15, 0.2) is 0 Å². The molecular weight excluding hydrogens is 350 g/mol. The van der Waals surface area contributed by atoms with E-state index in [9.17, 15) is 0 Å². The van der Waals surface area contributed by atoms with E-state index in [1.165, 1.54) is 44.5 Å². The van der Waals surface area contributed by atoms with Gasteiger partial charge < -0.3 is 0 Å². The van der Waals surface area contributed by atoms with E-state index in [-0.39, 0.29) is 0 Å². The van der Waals surface area contributed by atoms with E-state index >= 15 is 0 Å². The van der Waals surface area contributed by atoms with Crippen LogP contribution in [0.4, 0.5) is 0 Å². The summed E-state index contributed by atoms with van der Waals surface area (Å²) in [5, 5.41) is 0. The van der Waals surface area contributed by atoms with Crippen LogP contribution in [0, 0.1) is 0 Å². The van der Waals surface area contributed by atoms with Gasteiger partial charge in [0.05, 0.1) is 0 Å². The van der Waals surface area contributed by atoms with Crippen LogP contribution < -0.4 is 0 Å². The van der Waals surface area contributed by atoms with Crippen molar-refractivity contribution in [3.63, 3.8) is 0 Å². The molecule has 1 nitrogen and oxygen atoms in total. The lowest BCUT2D eigenvalue weighted by Crippen LogP contribution is -2.17. The summed E-state index contributed by atoms with van der Waals surface area (Å²) >= 11 is 0. The van der Waals surface area contributed by atoms with Crippen molar-refractivity contribution in [2.75, 3.05) is 7.05 Å². The minimum Gasteiger partial charge on any atom is -0.298 e. The normalized spacial score (nSPS) is 12.1. The minimum absolute atomic E-state index is 0.942. The number of benzene rings is 4. The second kappa shape index (κ2) is 7.69. The molecule has 0 aromatic heterocycles. The zero-order valence-electron chi connectivity index (χ0n) is 16.8. The summed E-state index contributed by atoms with van der Waals surface area (Å²) in [7, 11) is 2.21. The average molecular weight is 376 g/mol. The van der Waals surface area contributed by atoms with E-state index in [0.29, 0.717) is 0 Å². The van der Waals surface area contributed by atoms with Crippen molar-refractivity contribution in [3.05, 3.63) is 119 Å². The van der Waals surface area contributed by atoms with Crippen molar-refractivity contribution in [2.45, 2.75) is 19.5 Å². The Morgan fingerprint density at radius 1 is 0.586 bits per heavy atom. The molecule has 0 radical (unpaired) electrons. The molecular formula is C28H25N. The molecule has 1 heteroatoms. The van der Waals surface area contributed by atoms with Crippen LogP contribution in [-0.4, -0.2) is 11.9 Å². The largest absolute Gasteiger partial charge is 0.298 e. The lowest BCUT2D eigenvalue weighted by molar-refractivity contribution is 0.319. The maximum absolute atomic E-state index is 2.40. The molecule has 0 spiro atoms. The van der Waals surface area contributed by atoms with Crippen molar-refractivity contribution in [1.29, 1.82) is 0 Å². The standard InChI is InChI=1S/C28H25N/c1-29(19-21-8-7-12-24(16-21)23-9-3-2-4-10-23)20-22-14-15-28-26(17-22)18-25-11-5-6-13-27(25)28/h2-17H,18-20H2,1H3. The molecule has 0 amide bonds. The molecule has 5 rings (SSSR count). The quantitative estimate of drug-likeness (QED) is 0.336. The first-order valence-corrected chi connectivity index (χ1v) is 10.3. The van der Waals surface area contributed by atoms with Crippen LogP contribution >= 0.6 is 0 Å². The molecule has 0 N–H and O–H groups in total. The fraction of sp³-hybridized carbons (Fsp3) is 0.143.